The standard InChI is InChI=1S/C37H28OP2/c1-3-13-26(14-4-1)29-18-8-11-21-34(29)39-36-24-23-33-31(25-28-17-7-10-20-32(28)38-33)37(36)40-35-22-12-9-19-30(35)27-15-5-2-6-16-27/h1-24,39-40H,25H2. The van der Waals surface area contributed by atoms with Gasteiger partial charge in [0.15, 0.2) is 0 Å². The Morgan fingerprint density at radius 1 is 0.425 bits per heavy atom. The summed E-state index contributed by atoms with van der Waals surface area (Å²) in [5.74, 6) is 1.96. The molecule has 0 amide bonds. The van der Waals surface area contributed by atoms with E-state index in [0.717, 1.165) is 17.9 Å². The molecule has 0 aromatic heterocycles. The molecule has 6 aromatic carbocycles. The summed E-state index contributed by atoms with van der Waals surface area (Å²) in [5, 5.41) is 5.54. The molecule has 0 saturated heterocycles. The van der Waals surface area contributed by atoms with Gasteiger partial charge >= 0.3 is 0 Å². The summed E-state index contributed by atoms with van der Waals surface area (Å²) >= 11 is 0. The zero-order valence-electron chi connectivity index (χ0n) is 22.0. The van der Waals surface area contributed by atoms with Gasteiger partial charge in [-0.05, 0) is 61.2 Å². The number of ether oxygens (including phenoxy) is 1. The van der Waals surface area contributed by atoms with Crippen molar-refractivity contribution in [3.05, 3.63) is 157 Å². The molecule has 0 spiro atoms. The highest BCUT2D eigenvalue weighted by Gasteiger charge is 2.23. The average Bonchev–Trinajstić information content (AvgIpc) is 3.02. The van der Waals surface area contributed by atoms with Gasteiger partial charge in [-0.3, -0.25) is 0 Å². The Labute approximate surface area is 239 Å². The lowest BCUT2D eigenvalue weighted by atomic mass is 10.0. The van der Waals surface area contributed by atoms with Gasteiger partial charge in [-0.25, -0.2) is 0 Å². The van der Waals surface area contributed by atoms with Crippen molar-refractivity contribution >= 4 is 38.4 Å². The molecule has 7 rings (SSSR count). The van der Waals surface area contributed by atoms with Crippen LogP contribution in [0.2, 0.25) is 0 Å². The smallest absolute Gasteiger partial charge is 0.131 e. The third-order valence-corrected chi connectivity index (χ3v) is 10.6. The van der Waals surface area contributed by atoms with Crippen LogP contribution in [0.25, 0.3) is 22.3 Å². The van der Waals surface area contributed by atoms with Crippen LogP contribution in [-0.2, 0) is 6.42 Å². The molecule has 0 N–H and O–H groups in total. The highest BCUT2D eigenvalue weighted by Crippen LogP contribution is 2.38. The van der Waals surface area contributed by atoms with Crippen molar-refractivity contribution in [3.63, 3.8) is 0 Å². The van der Waals surface area contributed by atoms with E-state index in [4.69, 9.17) is 4.74 Å². The van der Waals surface area contributed by atoms with Gasteiger partial charge in [0.2, 0.25) is 0 Å². The summed E-state index contributed by atoms with van der Waals surface area (Å²) in [5.41, 5.74) is 7.70. The molecule has 3 heteroatoms. The Balaban J connectivity index is 1.36. The second-order valence-corrected chi connectivity index (χ2v) is 12.5. The molecule has 1 nitrogen and oxygen atoms in total. The first-order valence-electron chi connectivity index (χ1n) is 13.6. The monoisotopic (exact) mass is 550 g/mol. The van der Waals surface area contributed by atoms with Crippen LogP contribution in [0.4, 0.5) is 0 Å². The normalized spacial score (nSPS) is 12.4. The van der Waals surface area contributed by atoms with Crippen molar-refractivity contribution in [1.29, 1.82) is 0 Å². The van der Waals surface area contributed by atoms with E-state index in [0.29, 0.717) is 17.2 Å². The summed E-state index contributed by atoms with van der Waals surface area (Å²) in [7, 11) is 1.06. The first-order chi connectivity index (χ1) is 19.8. The molecule has 0 bridgehead atoms. The molecule has 2 atom stereocenters. The fourth-order valence-corrected chi connectivity index (χ4v) is 8.45. The Hall–Kier alpha value is -4.02. The summed E-state index contributed by atoms with van der Waals surface area (Å²) in [6.07, 6.45) is 0.889. The van der Waals surface area contributed by atoms with Gasteiger partial charge in [-0.1, -0.05) is 151 Å². The topological polar surface area (TPSA) is 9.23 Å². The second kappa shape index (κ2) is 11.2. The molecule has 6 aromatic rings. The van der Waals surface area contributed by atoms with Gasteiger partial charge in [-0.2, -0.15) is 0 Å². The molecule has 2 unspecified atom stereocenters. The van der Waals surface area contributed by atoms with Crippen molar-refractivity contribution in [2.24, 2.45) is 0 Å². The number of rotatable bonds is 6. The molecule has 192 valence electrons. The highest BCUT2D eigenvalue weighted by atomic mass is 31.1. The molecule has 0 radical (unpaired) electrons. The Kier molecular flexibility index (Phi) is 7.01. The maximum absolute atomic E-state index is 6.48. The molecule has 1 heterocycles. The Morgan fingerprint density at radius 3 is 1.65 bits per heavy atom. The molecule has 1 aliphatic rings. The van der Waals surface area contributed by atoms with Crippen molar-refractivity contribution in [2.45, 2.75) is 6.42 Å². The van der Waals surface area contributed by atoms with E-state index in [1.807, 2.05) is 0 Å². The summed E-state index contributed by atoms with van der Waals surface area (Å²) in [6, 6.07) is 52.1. The highest BCUT2D eigenvalue weighted by molar-refractivity contribution is 7.62. The van der Waals surface area contributed by atoms with Crippen LogP contribution in [0.1, 0.15) is 11.1 Å². The molecule has 40 heavy (non-hydrogen) atoms. The lowest BCUT2D eigenvalue weighted by molar-refractivity contribution is 0.461. The molecular formula is C37H28OP2. The van der Waals surface area contributed by atoms with Crippen LogP contribution >= 0.6 is 17.2 Å². The molecular weight excluding hydrogens is 522 g/mol. The minimum Gasteiger partial charge on any atom is -0.457 e. The third kappa shape index (κ3) is 5.00. The molecule has 1 aliphatic heterocycles. The maximum atomic E-state index is 6.48. The predicted molar refractivity (Wildman–Crippen MR) is 175 cm³/mol. The number of hydrogen-bond acceptors (Lipinski definition) is 1. The SMILES string of the molecule is c1ccc(-c2ccccc2Pc2ccc3c(c2Pc2ccccc2-c2ccccc2)Cc2ccccc2O3)cc1. The van der Waals surface area contributed by atoms with Crippen LogP contribution in [-0.4, -0.2) is 0 Å². The zero-order chi connectivity index (χ0) is 26.7. The maximum Gasteiger partial charge on any atom is 0.131 e. The Bertz CT molecular complexity index is 1800. The van der Waals surface area contributed by atoms with Crippen molar-refractivity contribution in [3.8, 4) is 33.8 Å². The van der Waals surface area contributed by atoms with Gasteiger partial charge in [0.05, 0.1) is 0 Å². The lowest BCUT2D eigenvalue weighted by Crippen LogP contribution is -2.27. The van der Waals surface area contributed by atoms with Crippen molar-refractivity contribution in [1.82, 2.24) is 0 Å². The van der Waals surface area contributed by atoms with Gasteiger partial charge in [0.25, 0.3) is 0 Å². The van der Waals surface area contributed by atoms with Crippen molar-refractivity contribution in [2.75, 3.05) is 0 Å². The van der Waals surface area contributed by atoms with Crippen LogP contribution in [0.15, 0.2) is 146 Å². The van der Waals surface area contributed by atoms with Crippen LogP contribution in [0, 0.1) is 0 Å². The minimum atomic E-state index is 0.518. The van der Waals surface area contributed by atoms with E-state index >= 15 is 0 Å². The van der Waals surface area contributed by atoms with E-state index in [-0.39, 0.29) is 0 Å². The number of benzene rings is 6. The average molecular weight is 551 g/mol. The minimum absolute atomic E-state index is 0.518. The first kappa shape index (κ1) is 25.0. The van der Waals surface area contributed by atoms with Crippen LogP contribution < -0.4 is 26.0 Å². The first-order valence-corrected chi connectivity index (χ1v) is 15.6. The van der Waals surface area contributed by atoms with E-state index in [2.05, 4.69) is 146 Å². The quantitative estimate of drug-likeness (QED) is 0.191. The van der Waals surface area contributed by atoms with E-state index in [1.165, 1.54) is 54.6 Å². The summed E-state index contributed by atoms with van der Waals surface area (Å²) in [4.78, 5) is 0. The van der Waals surface area contributed by atoms with Gasteiger partial charge in [0, 0.05) is 12.0 Å². The van der Waals surface area contributed by atoms with Crippen molar-refractivity contribution < 1.29 is 4.74 Å². The van der Waals surface area contributed by atoms with Gasteiger partial charge in [-0.15, -0.1) is 0 Å². The largest absolute Gasteiger partial charge is 0.457 e. The number of fused-ring (bicyclic) bond motifs is 2. The predicted octanol–water partition coefficient (Wildman–Crippen LogP) is 7.98. The van der Waals surface area contributed by atoms with E-state index < -0.39 is 0 Å². The van der Waals surface area contributed by atoms with E-state index in [1.54, 1.807) is 0 Å². The molecule has 0 fully saturated rings. The van der Waals surface area contributed by atoms with E-state index in [9.17, 15) is 0 Å². The van der Waals surface area contributed by atoms with Crippen LogP contribution in [0.5, 0.6) is 11.5 Å². The zero-order valence-corrected chi connectivity index (χ0v) is 24.0. The fourth-order valence-electron chi connectivity index (χ4n) is 5.41. The van der Waals surface area contributed by atoms with Crippen LogP contribution in [0.3, 0.4) is 0 Å². The Morgan fingerprint density at radius 2 is 0.975 bits per heavy atom. The lowest BCUT2D eigenvalue weighted by Gasteiger charge is -2.25. The third-order valence-electron chi connectivity index (χ3n) is 7.38. The number of hydrogen-bond donors (Lipinski definition) is 0. The molecule has 0 saturated carbocycles. The molecule has 0 aliphatic carbocycles. The fraction of sp³-hybridized carbons (Fsp3) is 0.0270. The summed E-state index contributed by atoms with van der Waals surface area (Å²) in [6.45, 7) is 0. The van der Waals surface area contributed by atoms with Gasteiger partial charge < -0.3 is 4.74 Å². The van der Waals surface area contributed by atoms with Gasteiger partial charge in [0.1, 0.15) is 11.5 Å². The second-order valence-electron chi connectivity index (χ2n) is 9.92. The number of para-hydroxylation sites is 1. The summed E-state index contributed by atoms with van der Waals surface area (Å²) < 4.78 is 6.48.